The van der Waals surface area contributed by atoms with Gasteiger partial charge in [-0.15, -0.1) is 11.3 Å². The lowest BCUT2D eigenvalue weighted by Crippen LogP contribution is -2.30. The molecular formula is C15H19N3S. The molecule has 0 fully saturated rings. The number of rotatable bonds is 4. The van der Waals surface area contributed by atoms with E-state index >= 15 is 0 Å². The normalized spacial score (nSPS) is 15.4. The summed E-state index contributed by atoms with van der Waals surface area (Å²) in [5.74, 6) is 0. The molecule has 2 heterocycles. The maximum atomic E-state index is 5.56. The molecule has 1 aromatic heterocycles. The van der Waals surface area contributed by atoms with Crippen LogP contribution >= 0.6 is 11.3 Å². The Bertz CT molecular complexity index is 550. The van der Waals surface area contributed by atoms with Crippen molar-refractivity contribution >= 4 is 11.3 Å². The molecule has 0 amide bonds. The lowest BCUT2D eigenvalue weighted by Gasteiger charge is -2.27. The Kier molecular flexibility index (Phi) is 3.92. The Hall–Kier alpha value is -1.23. The minimum absolute atomic E-state index is 0.685. The van der Waals surface area contributed by atoms with Crippen molar-refractivity contribution < 1.29 is 0 Å². The summed E-state index contributed by atoms with van der Waals surface area (Å²) < 4.78 is 0. The molecule has 19 heavy (non-hydrogen) atoms. The fraction of sp³-hybridized carbons (Fsp3) is 0.400. The van der Waals surface area contributed by atoms with Crippen LogP contribution in [0.1, 0.15) is 21.8 Å². The molecule has 0 radical (unpaired) electrons. The van der Waals surface area contributed by atoms with Crippen molar-refractivity contribution in [1.82, 2.24) is 9.88 Å². The molecule has 1 aliphatic rings. The Balaban J connectivity index is 1.65. The summed E-state index contributed by atoms with van der Waals surface area (Å²) in [7, 11) is 0. The van der Waals surface area contributed by atoms with Gasteiger partial charge in [0, 0.05) is 31.4 Å². The first kappa shape index (κ1) is 12.8. The van der Waals surface area contributed by atoms with Crippen LogP contribution in [0.5, 0.6) is 0 Å². The molecule has 4 heteroatoms. The van der Waals surface area contributed by atoms with Gasteiger partial charge in [-0.2, -0.15) is 0 Å². The summed E-state index contributed by atoms with van der Waals surface area (Å²) in [5.41, 5.74) is 9.72. The van der Waals surface area contributed by atoms with Crippen LogP contribution in [0.4, 0.5) is 0 Å². The van der Waals surface area contributed by atoms with E-state index in [0.29, 0.717) is 6.54 Å². The van der Waals surface area contributed by atoms with Gasteiger partial charge < -0.3 is 5.73 Å². The highest BCUT2D eigenvalue weighted by atomic mass is 32.1. The van der Waals surface area contributed by atoms with Gasteiger partial charge in [0.1, 0.15) is 0 Å². The van der Waals surface area contributed by atoms with Gasteiger partial charge in [0.25, 0.3) is 0 Å². The molecule has 0 saturated heterocycles. The summed E-state index contributed by atoms with van der Waals surface area (Å²) in [4.78, 5) is 7.12. The summed E-state index contributed by atoms with van der Waals surface area (Å²) in [5, 5.41) is 3.33. The van der Waals surface area contributed by atoms with Crippen molar-refractivity contribution in [2.45, 2.75) is 25.9 Å². The molecule has 1 aromatic carbocycles. The molecule has 0 aliphatic carbocycles. The summed E-state index contributed by atoms with van der Waals surface area (Å²) in [6, 6.07) is 8.75. The largest absolute Gasteiger partial charge is 0.330 e. The standard InChI is InChI=1S/C15H19N3S/c16-7-5-15-17-14(11-19-15)10-18-8-6-12-3-1-2-4-13(12)9-18/h1-4,11H,5-10,16H2. The van der Waals surface area contributed by atoms with E-state index in [0.717, 1.165) is 37.5 Å². The van der Waals surface area contributed by atoms with Crippen molar-refractivity contribution in [2.75, 3.05) is 13.1 Å². The van der Waals surface area contributed by atoms with Crippen LogP contribution in [-0.4, -0.2) is 23.0 Å². The smallest absolute Gasteiger partial charge is 0.0941 e. The number of nitrogens with two attached hydrogens (primary N) is 1. The average Bonchev–Trinajstić information content (AvgIpc) is 2.86. The highest BCUT2D eigenvalue weighted by molar-refractivity contribution is 7.09. The van der Waals surface area contributed by atoms with Crippen molar-refractivity contribution in [3.8, 4) is 0 Å². The summed E-state index contributed by atoms with van der Waals surface area (Å²) in [6.45, 7) is 3.81. The van der Waals surface area contributed by atoms with Crippen molar-refractivity contribution in [1.29, 1.82) is 0 Å². The van der Waals surface area contributed by atoms with E-state index in [-0.39, 0.29) is 0 Å². The monoisotopic (exact) mass is 273 g/mol. The van der Waals surface area contributed by atoms with E-state index in [9.17, 15) is 0 Å². The topological polar surface area (TPSA) is 42.1 Å². The first-order valence-corrected chi connectivity index (χ1v) is 7.65. The van der Waals surface area contributed by atoms with Gasteiger partial charge in [-0.05, 0) is 24.1 Å². The maximum absolute atomic E-state index is 5.56. The van der Waals surface area contributed by atoms with Crippen LogP contribution in [0.25, 0.3) is 0 Å². The molecule has 2 aromatic rings. The van der Waals surface area contributed by atoms with Gasteiger partial charge in [-0.1, -0.05) is 24.3 Å². The zero-order valence-corrected chi connectivity index (χ0v) is 11.8. The van der Waals surface area contributed by atoms with E-state index in [1.807, 2.05) is 0 Å². The first-order valence-electron chi connectivity index (χ1n) is 6.77. The SMILES string of the molecule is NCCc1nc(CN2CCc3ccccc3C2)cs1. The van der Waals surface area contributed by atoms with E-state index in [2.05, 4.69) is 39.5 Å². The zero-order valence-electron chi connectivity index (χ0n) is 11.0. The minimum Gasteiger partial charge on any atom is -0.330 e. The predicted molar refractivity (Wildman–Crippen MR) is 79.1 cm³/mol. The minimum atomic E-state index is 0.685. The molecule has 0 atom stereocenters. The molecule has 2 N–H and O–H groups in total. The Morgan fingerprint density at radius 2 is 2.11 bits per heavy atom. The molecule has 1 aliphatic heterocycles. The highest BCUT2D eigenvalue weighted by Gasteiger charge is 2.16. The number of nitrogens with zero attached hydrogens (tertiary/aromatic N) is 2. The zero-order chi connectivity index (χ0) is 13.1. The van der Waals surface area contributed by atoms with Crippen LogP contribution in [0.3, 0.4) is 0 Å². The second-order valence-electron chi connectivity index (χ2n) is 5.00. The second-order valence-corrected chi connectivity index (χ2v) is 5.94. The number of hydrogen-bond donors (Lipinski definition) is 1. The summed E-state index contributed by atoms with van der Waals surface area (Å²) in [6.07, 6.45) is 2.05. The molecule has 100 valence electrons. The van der Waals surface area contributed by atoms with E-state index in [4.69, 9.17) is 5.73 Å². The average molecular weight is 273 g/mol. The Labute approximate surface area is 118 Å². The van der Waals surface area contributed by atoms with Crippen molar-refractivity contribution in [3.63, 3.8) is 0 Å². The number of aromatic nitrogens is 1. The maximum Gasteiger partial charge on any atom is 0.0941 e. The molecule has 3 rings (SSSR count). The lowest BCUT2D eigenvalue weighted by atomic mass is 10.00. The van der Waals surface area contributed by atoms with Gasteiger partial charge in [0.2, 0.25) is 0 Å². The van der Waals surface area contributed by atoms with Crippen LogP contribution in [0.2, 0.25) is 0 Å². The van der Waals surface area contributed by atoms with Crippen molar-refractivity contribution in [3.05, 3.63) is 51.5 Å². The fourth-order valence-electron chi connectivity index (χ4n) is 2.58. The second kappa shape index (κ2) is 5.82. The third kappa shape index (κ3) is 3.03. The number of fused-ring (bicyclic) bond motifs is 1. The third-order valence-corrected chi connectivity index (χ3v) is 4.51. The molecule has 0 unspecified atom stereocenters. The quantitative estimate of drug-likeness (QED) is 0.928. The summed E-state index contributed by atoms with van der Waals surface area (Å²) >= 11 is 1.73. The van der Waals surface area contributed by atoms with Gasteiger partial charge in [-0.3, -0.25) is 4.90 Å². The predicted octanol–water partition coefficient (Wildman–Crippen LogP) is 2.20. The molecule has 0 spiro atoms. The Morgan fingerprint density at radius 3 is 2.95 bits per heavy atom. The fourth-order valence-corrected chi connectivity index (χ4v) is 3.38. The molecular weight excluding hydrogens is 254 g/mol. The number of benzene rings is 1. The van der Waals surface area contributed by atoms with E-state index < -0.39 is 0 Å². The molecule has 0 bridgehead atoms. The number of thiazole rings is 1. The first-order chi connectivity index (χ1) is 9.35. The highest BCUT2D eigenvalue weighted by Crippen LogP contribution is 2.20. The van der Waals surface area contributed by atoms with Crippen LogP contribution in [-0.2, 0) is 25.9 Å². The van der Waals surface area contributed by atoms with Crippen LogP contribution in [0, 0.1) is 0 Å². The van der Waals surface area contributed by atoms with Crippen molar-refractivity contribution in [2.24, 2.45) is 5.73 Å². The van der Waals surface area contributed by atoms with Gasteiger partial charge >= 0.3 is 0 Å². The Morgan fingerprint density at radius 1 is 1.26 bits per heavy atom. The van der Waals surface area contributed by atoms with Crippen LogP contribution in [0.15, 0.2) is 29.6 Å². The lowest BCUT2D eigenvalue weighted by molar-refractivity contribution is 0.243. The number of hydrogen-bond acceptors (Lipinski definition) is 4. The van der Waals surface area contributed by atoms with Gasteiger partial charge in [-0.25, -0.2) is 4.98 Å². The van der Waals surface area contributed by atoms with Gasteiger partial charge in [0.15, 0.2) is 0 Å². The van der Waals surface area contributed by atoms with Gasteiger partial charge in [0.05, 0.1) is 10.7 Å². The van der Waals surface area contributed by atoms with E-state index in [1.54, 1.807) is 11.3 Å². The molecule has 3 nitrogen and oxygen atoms in total. The molecule has 0 saturated carbocycles. The third-order valence-electron chi connectivity index (χ3n) is 3.55. The van der Waals surface area contributed by atoms with E-state index in [1.165, 1.54) is 16.8 Å². The van der Waals surface area contributed by atoms with Crippen LogP contribution < -0.4 is 5.73 Å².